The van der Waals surface area contributed by atoms with E-state index < -0.39 is 0 Å². The van der Waals surface area contributed by atoms with Crippen LogP contribution in [0.3, 0.4) is 0 Å². The molecule has 0 aliphatic heterocycles. The molecule has 0 radical (unpaired) electrons. The molecular formula is C12H18FNO2. The first-order valence-electron chi connectivity index (χ1n) is 5.38. The molecule has 0 amide bonds. The number of ether oxygens (including phenoxy) is 2. The Morgan fingerprint density at radius 1 is 1.44 bits per heavy atom. The zero-order chi connectivity index (χ0) is 12.0. The van der Waals surface area contributed by atoms with Crippen molar-refractivity contribution >= 4 is 0 Å². The summed E-state index contributed by atoms with van der Waals surface area (Å²) in [6.07, 6.45) is -0.144. The highest BCUT2D eigenvalue weighted by atomic mass is 19.1. The van der Waals surface area contributed by atoms with Gasteiger partial charge >= 0.3 is 0 Å². The van der Waals surface area contributed by atoms with Crippen LogP contribution in [0.25, 0.3) is 0 Å². The lowest BCUT2D eigenvalue weighted by molar-refractivity contribution is 0.0336. The van der Waals surface area contributed by atoms with Crippen molar-refractivity contribution in [1.29, 1.82) is 0 Å². The molecule has 0 bridgehead atoms. The van der Waals surface area contributed by atoms with Crippen molar-refractivity contribution in [1.82, 2.24) is 0 Å². The third kappa shape index (κ3) is 3.79. The van der Waals surface area contributed by atoms with Crippen LogP contribution < -0.4 is 10.5 Å². The summed E-state index contributed by atoms with van der Waals surface area (Å²) in [5.41, 5.74) is 6.10. The molecular weight excluding hydrogens is 209 g/mol. The highest BCUT2D eigenvalue weighted by molar-refractivity contribution is 5.27. The molecule has 1 rings (SSSR count). The molecule has 16 heavy (non-hydrogen) atoms. The Hall–Kier alpha value is -1.13. The maximum atomic E-state index is 13.2. The van der Waals surface area contributed by atoms with Gasteiger partial charge in [0.2, 0.25) is 0 Å². The molecule has 3 nitrogen and oxygen atoms in total. The van der Waals surface area contributed by atoms with Crippen molar-refractivity contribution < 1.29 is 13.9 Å². The number of hydrogen-bond donors (Lipinski definition) is 1. The Balaban J connectivity index is 2.50. The van der Waals surface area contributed by atoms with Crippen LogP contribution in [0.1, 0.15) is 12.5 Å². The van der Waals surface area contributed by atoms with Crippen molar-refractivity contribution in [2.75, 3.05) is 19.8 Å². The summed E-state index contributed by atoms with van der Waals surface area (Å²) in [5, 5.41) is 0. The van der Waals surface area contributed by atoms with Crippen LogP contribution in [0, 0.1) is 12.7 Å². The molecule has 1 aromatic rings. The summed E-state index contributed by atoms with van der Waals surface area (Å²) in [6.45, 7) is 4.93. The molecule has 0 saturated carbocycles. The maximum Gasteiger partial charge on any atom is 0.129 e. The Labute approximate surface area is 95.4 Å². The van der Waals surface area contributed by atoms with Crippen molar-refractivity contribution in [3.63, 3.8) is 0 Å². The molecule has 90 valence electrons. The average Bonchev–Trinajstić information content (AvgIpc) is 2.28. The minimum Gasteiger partial charge on any atom is -0.491 e. The molecule has 1 aromatic carbocycles. The fraction of sp³-hybridized carbons (Fsp3) is 0.500. The highest BCUT2D eigenvalue weighted by Crippen LogP contribution is 2.16. The lowest BCUT2D eigenvalue weighted by Crippen LogP contribution is -2.30. The van der Waals surface area contributed by atoms with E-state index in [1.807, 2.05) is 6.92 Å². The van der Waals surface area contributed by atoms with Crippen molar-refractivity contribution in [3.8, 4) is 5.75 Å². The lowest BCUT2D eigenvalue weighted by atomic mass is 10.2. The SMILES string of the molecule is CCOC(CN)COc1ccc(C)c(F)c1. The van der Waals surface area contributed by atoms with Gasteiger partial charge in [0.15, 0.2) is 0 Å². The fourth-order valence-corrected chi connectivity index (χ4v) is 1.27. The second-order valence-corrected chi connectivity index (χ2v) is 3.54. The van der Waals surface area contributed by atoms with Crippen molar-refractivity contribution in [2.45, 2.75) is 20.0 Å². The van der Waals surface area contributed by atoms with Crippen LogP contribution in [0.15, 0.2) is 18.2 Å². The number of rotatable bonds is 6. The number of nitrogens with two attached hydrogens (primary N) is 1. The molecule has 1 unspecified atom stereocenters. The monoisotopic (exact) mass is 227 g/mol. The standard InChI is InChI=1S/C12H18FNO2/c1-3-15-11(7-14)8-16-10-5-4-9(2)12(13)6-10/h4-6,11H,3,7-8,14H2,1-2H3. The molecule has 4 heteroatoms. The van der Waals surface area contributed by atoms with Crippen molar-refractivity contribution in [3.05, 3.63) is 29.6 Å². The minimum atomic E-state index is -0.266. The summed E-state index contributed by atoms with van der Waals surface area (Å²) in [4.78, 5) is 0. The van der Waals surface area contributed by atoms with E-state index in [1.54, 1.807) is 19.1 Å². The van der Waals surface area contributed by atoms with Gasteiger partial charge in [0.1, 0.15) is 24.3 Å². The number of halogens is 1. The van der Waals surface area contributed by atoms with Crippen LogP contribution in [0.4, 0.5) is 4.39 Å². The molecule has 2 N–H and O–H groups in total. The summed E-state index contributed by atoms with van der Waals surface area (Å²) in [6, 6.07) is 4.79. The molecule has 0 aliphatic rings. The summed E-state index contributed by atoms with van der Waals surface area (Å²) >= 11 is 0. The molecule has 0 aromatic heterocycles. The summed E-state index contributed by atoms with van der Waals surface area (Å²) < 4.78 is 23.9. The highest BCUT2D eigenvalue weighted by Gasteiger charge is 2.07. The van der Waals surface area contributed by atoms with Crippen LogP contribution >= 0.6 is 0 Å². The molecule has 0 fully saturated rings. The van der Waals surface area contributed by atoms with E-state index in [-0.39, 0.29) is 11.9 Å². The normalized spacial score (nSPS) is 12.5. The molecule has 1 atom stereocenters. The zero-order valence-electron chi connectivity index (χ0n) is 9.70. The van der Waals surface area contributed by atoms with Gasteiger partial charge in [-0.15, -0.1) is 0 Å². The van der Waals surface area contributed by atoms with Gasteiger partial charge in [0.25, 0.3) is 0 Å². The van der Waals surface area contributed by atoms with Gasteiger partial charge < -0.3 is 15.2 Å². The first-order valence-corrected chi connectivity index (χ1v) is 5.38. The predicted molar refractivity (Wildman–Crippen MR) is 61.1 cm³/mol. The Morgan fingerprint density at radius 3 is 2.75 bits per heavy atom. The van der Waals surface area contributed by atoms with E-state index in [0.717, 1.165) is 0 Å². The Morgan fingerprint density at radius 2 is 2.19 bits per heavy atom. The fourth-order valence-electron chi connectivity index (χ4n) is 1.27. The van der Waals surface area contributed by atoms with Gasteiger partial charge in [0.05, 0.1) is 0 Å². The second-order valence-electron chi connectivity index (χ2n) is 3.54. The third-order valence-electron chi connectivity index (χ3n) is 2.24. The van der Waals surface area contributed by atoms with Gasteiger partial charge in [-0.25, -0.2) is 4.39 Å². The second kappa shape index (κ2) is 6.45. The van der Waals surface area contributed by atoms with E-state index in [2.05, 4.69) is 0 Å². The van der Waals surface area contributed by atoms with Gasteiger partial charge in [-0.2, -0.15) is 0 Å². The first kappa shape index (κ1) is 12.9. The van der Waals surface area contributed by atoms with E-state index in [4.69, 9.17) is 15.2 Å². The lowest BCUT2D eigenvalue weighted by Gasteiger charge is -2.15. The largest absolute Gasteiger partial charge is 0.491 e. The van der Waals surface area contributed by atoms with Crippen molar-refractivity contribution in [2.24, 2.45) is 5.73 Å². The maximum absolute atomic E-state index is 13.2. The number of hydrogen-bond acceptors (Lipinski definition) is 3. The van der Waals surface area contributed by atoms with Gasteiger partial charge in [-0.05, 0) is 25.5 Å². The van der Waals surface area contributed by atoms with Crippen LogP contribution in [-0.4, -0.2) is 25.9 Å². The quantitative estimate of drug-likeness (QED) is 0.807. The summed E-state index contributed by atoms with van der Waals surface area (Å²) in [5.74, 6) is 0.236. The zero-order valence-corrected chi connectivity index (χ0v) is 9.70. The van der Waals surface area contributed by atoms with Crippen LogP contribution in [0.5, 0.6) is 5.75 Å². The molecule has 0 heterocycles. The van der Waals surface area contributed by atoms with Crippen LogP contribution in [-0.2, 0) is 4.74 Å². The Bertz CT molecular complexity index is 331. The molecule has 0 spiro atoms. The van der Waals surface area contributed by atoms with E-state index >= 15 is 0 Å². The smallest absolute Gasteiger partial charge is 0.129 e. The summed E-state index contributed by atoms with van der Waals surface area (Å²) in [7, 11) is 0. The predicted octanol–water partition coefficient (Wildman–Crippen LogP) is 1.88. The topological polar surface area (TPSA) is 44.5 Å². The van der Waals surface area contributed by atoms with Gasteiger partial charge in [0, 0.05) is 19.2 Å². The number of benzene rings is 1. The van der Waals surface area contributed by atoms with Crippen LogP contribution in [0.2, 0.25) is 0 Å². The molecule has 0 aliphatic carbocycles. The third-order valence-corrected chi connectivity index (χ3v) is 2.24. The van der Waals surface area contributed by atoms with Gasteiger partial charge in [-0.3, -0.25) is 0 Å². The van der Waals surface area contributed by atoms with E-state index in [9.17, 15) is 4.39 Å². The number of aryl methyl sites for hydroxylation is 1. The van der Waals surface area contributed by atoms with E-state index in [0.29, 0.717) is 31.1 Å². The van der Waals surface area contributed by atoms with E-state index in [1.165, 1.54) is 6.07 Å². The molecule has 0 saturated heterocycles. The average molecular weight is 227 g/mol. The Kier molecular flexibility index (Phi) is 5.22. The first-order chi connectivity index (χ1) is 7.67. The minimum absolute atomic E-state index is 0.144. The van der Waals surface area contributed by atoms with Gasteiger partial charge in [-0.1, -0.05) is 6.07 Å².